The van der Waals surface area contributed by atoms with E-state index in [1.54, 1.807) is 11.8 Å². The molecular formula is C12H19F2NO2. The van der Waals surface area contributed by atoms with Crippen LogP contribution in [0.5, 0.6) is 0 Å². The number of carboxylic acid groups (broad SMARTS) is 1. The Morgan fingerprint density at radius 3 is 2.76 bits per heavy atom. The summed E-state index contributed by atoms with van der Waals surface area (Å²) in [5.41, 5.74) is 0. The lowest BCUT2D eigenvalue weighted by Gasteiger charge is -2.32. The molecule has 1 aliphatic heterocycles. The number of alkyl halides is 2. The minimum atomic E-state index is -2.60. The SMILES string of the molecule is CC[C@H](C(=O)O)N1C[C@@H]2CCCC(F)(F)[C@H]2C1. The molecule has 1 saturated carbocycles. The van der Waals surface area contributed by atoms with Crippen molar-refractivity contribution in [2.24, 2.45) is 11.8 Å². The summed E-state index contributed by atoms with van der Waals surface area (Å²) in [6, 6.07) is -0.601. The van der Waals surface area contributed by atoms with Gasteiger partial charge in [-0.25, -0.2) is 8.78 Å². The molecular weight excluding hydrogens is 228 g/mol. The van der Waals surface area contributed by atoms with Gasteiger partial charge in [0, 0.05) is 25.4 Å². The maximum absolute atomic E-state index is 13.7. The van der Waals surface area contributed by atoms with Gasteiger partial charge in [-0.1, -0.05) is 6.92 Å². The van der Waals surface area contributed by atoms with E-state index in [1.807, 2.05) is 0 Å². The van der Waals surface area contributed by atoms with Crippen molar-refractivity contribution in [1.82, 2.24) is 4.90 Å². The van der Waals surface area contributed by atoms with Gasteiger partial charge in [-0.2, -0.15) is 0 Å². The van der Waals surface area contributed by atoms with Crippen molar-refractivity contribution < 1.29 is 18.7 Å². The van der Waals surface area contributed by atoms with Crippen LogP contribution in [0.2, 0.25) is 0 Å². The molecule has 2 aliphatic rings. The molecule has 0 radical (unpaired) electrons. The number of rotatable bonds is 3. The molecule has 0 bridgehead atoms. The van der Waals surface area contributed by atoms with Gasteiger partial charge in [0.2, 0.25) is 0 Å². The van der Waals surface area contributed by atoms with Crippen LogP contribution in [0.25, 0.3) is 0 Å². The van der Waals surface area contributed by atoms with E-state index in [0.29, 0.717) is 19.4 Å². The molecule has 3 nitrogen and oxygen atoms in total. The molecule has 0 spiro atoms. The van der Waals surface area contributed by atoms with Gasteiger partial charge < -0.3 is 5.11 Å². The lowest BCUT2D eigenvalue weighted by molar-refractivity contribution is -0.143. The Morgan fingerprint density at radius 2 is 2.24 bits per heavy atom. The van der Waals surface area contributed by atoms with E-state index in [1.165, 1.54) is 0 Å². The highest BCUT2D eigenvalue weighted by atomic mass is 19.3. The van der Waals surface area contributed by atoms with E-state index in [-0.39, 0.29) is 18.9 Å². The van der Waals surface area contributed by atoms with Gasteiger partial charge in [0.1, 0.15) is 6.04 Å². The van der Waals surface area contributed by atoms with Gasteiger partial charge in [0.05, 0.1) is 0 Å². The summed E-state index contributed by atoms with van der Waals surface area (Å²) < 4.78 is 27.5. The second kappa shape index (κ2) is 4.52. The second-order valence-electron chi connectivity index (χ2n) is 5.24. The fourth-order valence-electron chi connectivity index (χ4n) is 3.30. The zero-order chi connectivity index (χ0) is 12.6. The Kier molecular flexibility index (Phi) is 3.39. The molecule has 0 aromatic heterocycles. The van der Waals surface area contributed by atoms with Crippen LogP contribution in [0, 0.1) is 11.8 Å². The van der Waals surface area contributed by atoms with Crippen molar-refractivity contribution in [2.75, 3.05) is 13.1 Å². The number of likely N-dealkylation sites (tertiary alicyclic amines) is 1. The highest BCUT2D eigenvalue weighted by Gasteiger charge is 2.52. The van der Waals surface area contributed by atoms with Crippen molar-refractivity contribution in [2.45, 2.75) is 44.6 Å². The zero-order valence-corrected chi connectivity index (χ0v) is 10.0. The zero-order valence-electron chi connectivity index (χ0n) is 10.0. The van der Waals surface area contributed by atoms with Crippen LogP contribution in [0.15, 0.2) is 0 Å². The average Bonchev–Trinajstić information content (AvgIpc) is 2.63. The number of hydrogen-bond acceptors (Lipinski definition) is 2. The normalized spacial score (nSPS) is 34.3. The number of aliphatic carboxylic acids is 1. The lowest BCUT2D eigenvalue weighted by Crippen LogP contribution is -2.41. The molecule has 17 heavy (non-hydrogen) atoms. The van der Waals surface area contributed by atoms with Crippen molar-refractivity contribution in [3.63, 3.8) is 0 Å². The molecule has 2 fully saturated rings. The van der Waals surface area contributed by atoms with E-state index in [0.717, 1.165) is 6.42 Å². The summed E-state index contributed by atoms with van der Waals surface area (Å²) in [6.07, 6.45) is 1.81. The maximum Gasteiger partial charge on any atom is 0.320 e. The summed E-state index contributed by atoms with van der Waals surface area (Å²) in [4.78, 5) is 12.8. The van der Waals surface area contributed by atoms with E-state index in [2.05, 4.69) is 0 Å². The molecule has 5 heteroatoms. The van der Waals surface area contributed by atoms with Crippen molar-refractivity contribution in [3.8, 4) is 0 Å². The standard InChI is InChI=1S/C12H19F2NO2/c1-2-10(11(16)17)15-6-8-4-3-5-12(13,14)9(8)7-15/h8-10H,2-7H2,1H3,(H,16,17)/t8-,9-,10+/m0/s1. The molecule has 0 aromatic rings. The van der Waals surface area contributed by atoms with E-state index < -0.39 is 23.9 Å². The summed E-state index contributed by atoms with van der Waals surface area (Å²) >= 11 is 0. The average molecular weight is 247 g/mol. The van der Waals surface area contributed by atoms with Crippen LogP contribution in [-0.4, -0.2) is 41.0 Å². The molecule has 1 heterocycles. The summed E-state index contributed by atoms with van der Waals surface area (Å²) in [5, 5.41) is 9.07. The highest BCUT2D eigenvalue weighted by Crippen LogP contribution is 2.46. The van der Waals surface area contributed by atoms with Crippen LogP contribution >= 0.6 is 0 Å². The van der Waals surface area contributed by atoms with Gasteiger partial charge in [0.25, 0.3) is 5.92 Å². The Balaban J connectivity index is 2.09. The number of fused-ring (bicyclic) bond motifs is 1. The summed E-state index contributed by atoms with van der Waals surface area (Å²) in [6.45, 7) is 2.55. The first kappa shape index (κ1) is 12.7. The van der Waals surface area contributed by atoms with Crippen LogP contribution in [-0.2, 0) is 4.79 Å². The molecule has 0 aromatic carbocycles. The molecule has 2 rings (SSSR count). The number of carboxylic acids is 1. The van der Waals surface area contributed by atoms with Gasteiger partial charge in [-0.15, -0.1) is 0 Å². The van der Waals surface area contributed by atoms with Gasteiger partial charge in [-0.3, -0.25) is 9.69 Å². The number of hydrogen-bond donors (Lipinski definition) is 1. The van der Waals surface area contributed by atoms with Gasteiger partial charge >= 0.3 is 5.97 Å². The minimum Gasteiger partial charge on any atom is -0.480 e. The van der Waals surface area contributed by atoms with Gasteiger partial charge in [-0.05, 0) is 25.2 Å². The predicted octanol–water partition coefficient (Wildman–Crippen LogP) is 2.22. The lowest BCUT2D eigenvalue weighted by atomic mass is 9.79. The minimum absolute atomic E-state index is 0.0212. The van der Waals surface area contributed by atoms with Crippen molar-refractivity contribution in [1.29, 1.82) is 0 Å². The molecule has 98 valence electrons. The molecule has 1 saturated heterocycles. The third-order valence-electron chi connectivity index (χ3n) is 4.21. The largest absolute Gasteiger partial charge is 0.480 e. The fraction of sp³-hybridized carbons (Fsp3) is 0.917. The van der Waals surface area contributed by atoms with E-state index in [4.69, 9.17) is 5.11 Å². The predicted molar refractivity (Wildman–Crippen MR) is 59.1 cm³/mol. The van der Waals surface area contributed by atoms with E-state index >= 15 is 0 Å². The quantitative estimate of drug-likeness (QED) is 0.831. The molecule has 1 aliphatic carbocycles. The van der Waals surface area contributed by atoms with Crippen LogP contribution in [0.4, 0.5) is 8.78 Å². The smallest absolute Gasteiger partial charge is 0.320 e. The van der Waals surface area contributed by atoms with Crippen molar-refractivity contribution in [3.05, 3.63) is 0 Å². The summed E-state index contributed by atoms with van der Waals surface area (Å²) in [5.74, 6) is -4.15. The topological polar surface area (TPSA) is 40.5 Å². The van der Waals surface area contributed by atoms with Crippen LogP contribution in [0.3, 0.4) is 0 Å². The Bertz CT molecular complexity index is 309. The first-order chi connectivity index (χ1) is 7.95. The molecule has 0 unspecified atom stereocenters. The Morgan fingerprint density at radius 1 is 1.53 bits per heavy atom. The molecule has 1 N–H and O–H groups in total. The third-order valence-corrected chi connectivity index (χ3v) is 4.21. The van der Waals surface area contributed by atoms with Crippen molar-refractivity contribution >= 4 is 5.97 Å². The first-order valence-electron chi connectivity index (χ1n) is 6.30. The Labute approximate surface area is 99.8 Å². The fourth-order valence-corrected chi connectivity index (χ4v) is 3.30. The van der Waals surface area contributed by atoms with Gasteiger partial charge in [0.15, 0.2) is 0 Å². The molecule has 3 atom stereocenters. The number of halogens is 2. The summed E-state index contributed by atoms with van der Waals surface area (Å²) in [7, 11) is 0. The number of nitrogens with zero attached hydrogens (tertiary/aromatic N) is 1. The first-order valence-corrected chi connectivity index (χ1v) is 6.30. The molecule has 0 amide bonds. The maximum atomic E-state index is 13.7. The second-order valence-corrected chi connectivity index (χ2v) is 5.24. The highest BCUT2D eigenvalue weighted by molar-refractivity contribution is 5.73. The van der Waals surface area contributed by atoms with E-state index in [9.17, 15) is 13.6 Å². The van der Waals surface area contributed by atoms with Crippen LogP contribution in [0.1, 0.15) is 32.6 Å². The monoisotopic (exact) mass is 247 g/mol. The third kappa shape index (κ3) is 2.30. The van der Waals surface area contributed by atoms with Crippen LogP contribution < -0.4 is 0 Å². The number of carbonyl (C=O) groups is 1. The Hall–Kier alpha value is -0.710.